The molecule has 0 spiro atoms. The van der Waals surface area contributed by atoms with Crippen molar-refractivity contribution < 1.29 is 4.92 Å². The van der Waals surface area contributed by atoms with Crippen LogP contribution in [0, 0.1) is 17.0 Å². The number of nitro benzene ring substituents is 1. The third kappa shape index (κ3) is 2.84. The number of rotatable bonds is 3. The van der Waals surface area contributed by atoms with Crippen LogP contribution in [0.2, 0.25) is 0 Å². The molecule has 0 amide bonds. The van der Waals surface area contributed by atoms with E-state index in [1.54, 1.807) is 12.1 Å². The number of hydrogen-bond donors (Lipinski definition) is 2. The van der Waals surface area contributed by atoms with Crippen LogP contribution in [-0.4, -0.2) is 22.0 Å². The van der Waals surface area contributed by atoms with Crippen LogP contribution in [0.3, 0.4) is 0 Å². The van der Waals surface area contributed by atoms with Crippen LogP contribution >= 0.6 is 11.3 Å². The first-order valence-electron chi connectivity index (χ1n) is 7.12. The molecule has 0 radical (unpaired) electrons. The Morgan fingerprint density at radius 3 is 2.90 bits per heavy atom. The van der Waals surface area contributed by atoms with Gasteiger partial charge in [-0.15, -0.1) is 11.3 Å². The first-order chi connectivity index (χ1) is 10.0. The highest BCUT2D eigenvalue weighted by atomic mass is 32.1. The lowest BCUT2D eigenvalue weighted by molar-refractivity contribution is -0.383. The fraction of sp³-hybridized carbons (Fsp3) is 0.500. The Balaban J connectivity index is 1.98. The summed E-state index contributed by atoms with van der Waals surface area (Å²) in [4.78, 5) is 15.4. The van der Waals surface area contributed by atoms with E-state index >= 15 is 0 Å². The van der Waals surface area contributed by atoms with Crippen molar-refractivity contribution in [1.82, 2.24) is 4.98 Å². The molecule has 112 valence electrons. The van der Waals surface area contributed by atoms with Crippen molar-refractivity contribution in [3.8, 4) is 0 Å². The van der Waals surface area contributed by atoms with Gasteiger partial charge >= 0.3 is 0 Å². The first kappa shape index (κ1) is 14.2. The molecule has 7 heteroatoms. The quantitative estimate of drug-likeness (QED) is 0.671. The van der Waals surface area contributed by atoms with Crippen LogP contribution in [0.15, 0.2) is 12.1 Å². The molecule has 3 N–H and O–H groups in total. The zero-order chi connectivity index (χ0) is 15.0. The molecular weight excluding hydrogens is 288 g/mol. The van der Waals surface area contributed by atoms with Crippen molar-refractivity contribution >= 4 is 32.9 Å². The van der Waals surface area contributed by atoms with E-state index in [1.807, 2.05) is 6.92 Å². The minimum atomic E-state index is -0.342. The minimum absolute atomic E-state index is 0.0474. The van der Waals surface area contributed by atoms with Gasteiger partial charge in [-0.25, -0.2) is 4.98 Å². The molecular formula is C14H18N4O2S. The highest BCUT2D eigenvalue weighted by Gasteiger charge is 2.25. The maximum Gasteiger partial charge on any atom is 0.293 e. The highest BCUT2D eigenvalue weighted by molar-refractivity contribution is 7.18. The average Bonchev–Trinajstić information content (AvgIpc) is 2.79. The average molecular weight is 306 g/mol. The Morgan fingerprint density at radius 1 is 1.43 bits per heavy atom. The number of nitrogens with zero attached hydrogens (tertiary/aromatic N) is 2. The molecule has 1 fully saturated rings. The molecule has 1 aromatic heterocycles. The third-order valence-corrected chi connectivity index (χ3v) is 4.90. The number of nitrogens with one attached hydrogen (secondary N) is 1. The SMILES string of the molecule is Cc1nc2cc(NC3CCCCC3N)c([N+](=O)[O-])cc2s1. The van der Waals surface area contributed by atoms with Crippen LogP contribution in [-0.2, 0) is 0 Å². The number of anilines is 1. The summed E-state index contributed by atoms with van der Waals surface area (Å²) in [5.74, 6) is 0. The van der Waals surface area contributed by atoms with Gasteiger partial charge in [0, 0.05) is 18.2 Å². The molecule has 6 nitrogen and oxygen atoms in total. The summed E-state index contributed by atoms with van der Waals surface area (Å²) in [5, 5.41) is 15.5. The van der Waals surface area contributed by atoms with Crippen LogP contribution in [0.5, 0.6) is 0 Å². The van der Waals surface area contributed by atoms with E-state index in [0.29, 0.717) is 5.69 Å². The van der Waals surface area contributed by atoms with Gasteiger partial charge in [0.2, 0.25) is 0 Å². The highest BCUT2D eigenvalue weighted by Crippen LogP contribution is 2.34. The number of fused-ring (bicyclic) bond motifs is 1. The molecule has 21 heavy (non-hydrogen) atoms. The number of thiazole rings is 1. The molecule has 1 saturated carbocycles. The van der Waals surface area contributed by atoms with Gasteiger partial charge in [0.15, 0.2) is 0 Å². The van der Waals surface area contributed by atoms with Crippen molar-refractivity contribution in [3.63, 3.8) is 0 Å². The van der Waals surface area contributed by atoms with Crippen LogP contribution in [0.25, 0.3) is 10.2 Å². The maximum absolute atomic E-state index is 11.3. The molecule has 1 aliphatic carbocycles. The van der Waals surface area contributed by atoms with Gasteiger partial charge in [-0.2, -0.15) is 0 Å². The predicted molar refractivity (Wildman–Crippen MR) is 84.9 cm³/mol. The van der Waals surface area contributed by atoms with Gasteiger partial charge in [-0.05, 0) is 25.8 Å². The number of benzene rings is 1. The minimum Gasteiger partial charge on any atom is -0.375 e. The van der Waals surface area contributed by atoms with Gasteiger partial charge in [-0.1, -0.05) is 12.8 Å². The molecule has 0 aliphatic heterocycles. The van der Waals surface area contributed by atoms with Gasteiger partial charge in [0.05, 0.1) is 20.1 Å². The normalized spacial score (nSPS) is 22.4. The molecule has 0 bridgehead atoms. The second kappa shape index (κ2) is 5.57. The molecule has 2 atom stereocenters. The second-order valence-corrected chi connectivity index (χ2v) is 6.76. The number of aryl methyl sites for hydroxylation is 1. The summed E-state index contributed by atoms with van der Waals surface area (Å²) in [6.45, 7) is 1.90. The second-order valence-electron chi connectivity index (χ2n) is 5.53. The molecule has 2 unspecified atom stereocenters. The lowest BCUT2D eigenvalue weighted by Crippen LogP contribution is -2.42. The van der Waals surface area contributed by atoms with Gasteiger partial charge < -0.3 is 11.1 Å². The Kier molecular flexibility index (Phi) is 3.77. The van der Waals surface area contributed by atoms with Gasteiger partial charge in [0.1, 0.15) is 5.69 Å². The summed E-state index contributed by atoms with van der Waals surface area (Å²) in [6, 6.07) is 3.52. The van der Waals surface area contributed by atoms with Crippen molar-refractivity contribution in [2.45, 2.75) is 44.7 Å². The summed E-state index contributed by atoms with van der Waals surface area (Å²) < 4.78 is 0.845. The summed E-state index contributed by atoms with van der Waals surface area (Å²) in [5.41, 5.74) is 7.55. The number of aromatic nitrogens is 1. The predicted octanol–water partition coefficient (Wildman–Crippen LogP) is 3.19. The summed E-state index contributed by atoms with van der Waals surface area (Å²) in [6.07, 6.45) is 4.15. The van der Waals surface area contributed by atoms with E-state index in [9.17, 15) is 10.1 Å². The molecule has 0 saturated heterocycles. The van der Waals surface area contributed by atoms with Crippen LogP contribution in [0.1, 0.15) is 30.7 Å². The lowest BCUT2D eigenvalue weighted by atomic mass is 9.91. The maximum atomic E-state index is 11.3. The molecule has 1 aromatic carbocycles. The van der Waals surface area contributed by atoms with Gasteiger partial charge in [0.25, 0.3) is 5.69 Å². The van der Waals surface area contributed by atoms with E-state index in [4.69, 9.17) is 5.73 Å². The zero-order valence-corrected chi connectivity index (χ0v) is 12.7. The monoisotopic (exact) mass is 306 g/mol. The Morgan fingerprint density at radius 2 is 2.19 bits per heavy atom. The smallest absolute Gasteiger partial charge is 0.293 e. The fourth-order valence-electron chi connectivity index (χ4n) is 2.88. The first-order valence-corrected chi connectivity index (χ1v) is 7.94. The Bertz CT molecular complexity index is 685. The number of hydrogen-bond acceptors (Lipinski definition) is 6. The molecule has 1 heterocycles. The largest absolute Gasteiger partial charge is 0.375 e. The van der Waals surface area contributed by atoms with Crippen molar-refractivity contribution in [1.29, 1.82) is 0 Å². The van der Waals surface area contributed by atoms with Crippen molar-refractivity contribution in [2.75, 3.05) is 5.32 Å². The van der Waals surface area contributed by atoms with Crippen molar-refractivity contribution in [3.05, 3.63) is 27.3 Å². The van der Waals surface area contributed by atoms with E-state index in [2.05, 4.69) is 10.3 Å². The van der Waals surface area contributed by atoms with Crippen molar-refractivity contribution in [2.24, 2.45) is 5.73 Å². The van der Waals surface area contributed by atoms with E-state index < -0.39 is 0 Å². The molecule has 1 aliphatic rings. The lowest BCUT2D eigenvalue weighted by Gasteiger charge is -2.29. The van der Waals surface area contributed by atoms with Gasteiger partial charge in [-0.3, -0.25) is 10.1 Å². The van der Waals surface area contributed by atoms with E-state index in [-0.39, 0.29) is 22.7 Å². The number of nitrogens with two attached hydrogens (primary N) is 1. The molecule has 2 aromatic rings. The third-order valence-electron chi connectivity index (χ3n) is 3.97. The number of nitro groups is 1. The van der Waals surface area contributed by atoms with Crippen LogP contribution in [0.4, 0.5) is 11.4 Å². The standard InChI is InChI=1S/C14H18N4O2S/c1-8-16-12-6-11(13(18(19)20)7-14(12)21-8)17-10-5-3-2-4-9(10)15/h6-7,9-10,17H,2-5,15H2,1H3. The fourth-order valence-corrected chi connectivity index (χ4v) is 3.73. The van der Waals surface area contributed by atoms with Crippen LogP contribution < -0.4 is 11.1 Å². The Labute approximate surface area is 126 Å². The van der Waals surface area contributed by atoms with E-state index in [0.717, 1.165) is 40.9 Å². The topological polar surface area (TPSA) is 94.1 Å². The Hall–Kier alpha value is -1.73. The summed E-state index contributed by atoms with van der Waals surface area (Å²) >= 11 is 1.47. The molecule has 3 rings (SSSR count). The zero-order valence-electron chi connectivity index (χ0n) is 11.8. The summed E-state index contributed by atoms with van der Waals surface area (Å²) in [7, 11) is 0. The van der Waals surface area contributed by atoms with E-state index in [1.165, 1.54) is 11.3 Å².